The summed E-state index contributed by atoms with van der Waals surface area (Å²) < 4.78 is 0. The van der Waals surface area contributed by atoms with E-state index in [0.29, 0.717) is 5.92 Å². The molecule has 0 bridgehead atoms. The number of piperidine rings is 1. The fraction of sp³-hybridized carbons (Fsp3) is 0.455. The van der Waals surface area contributed by atoms with Gasteiger partial charge < -0.3 is 5.32 Å². The Hall–Kier alpha value is -0.530. The number of hydrogen-bond acceptors (Lipinski definition) is 1. The molecule has 1 aromatic rings. The van der Waals surface area contributed by atoms with Crippen LogP contribution in [0.15, 0.2) is 24.3 Å². The van der Waals surface area contributed by atoms with Crippen molar-refractivity contribution in [2.24, 2.45) is 0 Å². The molecule has 0 aromatic heterocycles. The molecule has 1 aromatic carbocycles. The second kappa shape index (κ2) is 4.12. The second-order valence-electron chi connectivity index (χ2n) is 3.58. The van der Waals surface area contributed by atoms with Crippen molar-refractivity contribution in [3.63, 3.8) is 0 Å². The fourth-order valence-corrected chi connectivity index (χ4v) is 2.11. The maximum Gasteiger partial charge on any atom is 0.0408 e. The Labute approximate surface area is 84.1 Å². The molecule has 1 aliphatic heterocycles. The van der Waals surface area contributed by atoms with Crippen LogP contribution in [-0.2, 0) is 0 Å². The van der Waals surface area contributed by atoms with Crippen molar-refractivity contribution >= 4 is 11.6 Å². The van der Waals surface area contributed by atoms with Crippen molar-refractivity contribution in [3.05, 3.63) is 34.9 Å². The molecule has 0 amide bonds. The van der Waals surface area contributed by atoms with Gasteiger partial charge in [0.25, 0.3) is 0 Å². The summed E-state index contributed by atoms with van der Waals surface area (Å²) in [6.45, 7) is 2.27. The lowest BCUT2D eigenvalue weighted by molar-refractivity contribution is 0.460. The van der Waals surface area contributed by atoms with Crippen molar-refractivity contribution in [2.75, 3.05) is 13.1 Å². The molecule has 0 radical (unpaired) electrons. The summed E-state index contributed by atoms with van der Waals surface area (Å²) in [4.78, 5) is 0. The van der Waals surface area contributed by atoms with E-state index >= 15 is 0 Å². The number of halogens is 1. The van der Waals surface area contributed by atoms with Gasteiger partial charge in [0.15, 0.2) is 0 Å². The summed E-state index contributed by atoms with van der Waals surface area (Å²) in [5.41, 5.74) is 1.40. The molecule has 2 heteroatoms. The van der Waals surface area contributed by atoms with Crippen LogP contribution in [0.1, 0.15) is 24.3 Å². The van der Waals surface area contributed by atoms with E-state index in [1.165, 1.54) is 18.4 Å². The van der Waals surface area contributed by atoms with Crippen LogP contribution in [0.5, 0.6) is 0 Å². The lowest BCUT2D eigenvalue weighted by Crippen LogP contribution is -2.26. The van der Waals surface area contributed by atoms with E-state index < -0.39 is 0 Å². The minimum atomic E-state index is 0.708. The van der Waals surface area contributed by atoms with E-state index in [0.717, 1.165) is 18.1 Å². The van der Waals surface area contributed by atoms with Crippen LogP contribution in [0.25, 0.3) is 0 Å². The highest BCUT2D eigenvalue weighted by atomic mass is 35.5. The van der Waals surface area contributed by atoms with Crippen LogP contribution in [0.2, 0.25) is 5.02 Å². The molecule has 13 heavy (non-hydrogen) atoms. The molecule has 0 unspecified atom stereocenters. The second-order valence-corrected chi connectivity index (χ2v) is 4.02. The average molecular weight is 196 g/mol. The standard InChI is InChI=1S/C11H14ClN/c12-11-3-1-2-10(8-11)9-4-6-13-7-5-9/h1-3,8-9,13H,4-7H2. The highest BCUT2D eigenvalue weighted by Crippen LogP contribution is 2.26. The molecule has 0 spiro atoms. The van der Waals surface area contributed by atoms with Gasteiger partial charge in [0.1, 0.15) is 0 Å². The number of rotatable bonds is 1. The van der Waals surface area contributed by atoms with Crippen molar-refractivity contribution in [2.45, 2.75) is 18.8 Å². The van der Waals surface area contributed by atoms with Gasteiger partial charge in [-0.25, -0.2) is 0 Å². The van der Waals surface area contributed by atoms with Gasteiger partial charge in [-0.15, -0.1) is 0 Å². The van der Waals surface area contributed by atoms with E-state index in [4.69, 9.17) is 11.6 Å². The Morgan fingerprint density at radius 3 is 2.69 bits per heavy atom. The van der Waals surface area contributed by atoms with E-state index in [9.17, 15) is 0 Å². The predicted octanol–water partition coefficient (Wildman–Crippen LogP) is 2.81. The molecule has 1 aliphatic rings. The van der Waals surface area contributed by atoms with Crippen LogP contribution in [0.4, 0.5) is 0 Å². The third kappa shape index (κ3) is 2.23. The van der Waals surface area contributed by atoms with Gasteiger partial charge in [0.2, 0.25) is 0 Å². The monoisotopic (exact) mass is 195 g/mol. The molecule has 2 rings (SSSR count). The Balaban J connectivity index is 2.14. The third-order valence-corrected chi connectivity index (χ3v) is 2.89. The summed E-state index contributed by atoms with van der Waals surface area (Å²) in [5, 5.41) is 4.22. The minimum Gasteiger partial charge on any atom is -0.317 e. The molecule has 1 nitrogen and oxygen atoms in total. The average Bonchev–Trinajstić information content (AvgIpc) is 2.19. The molecule has 0 atom stereocenters. The molecule has 0 aliphatic carbocycles. The SMILES string of the molecule is Clc1cccc(C2CCNCC2)c1. The van der Waals surface area contributed by atoms with Crippen LogP contribution in [0.3, 0.4) is 0 Å². The topological polar surface area (TPSA) is 12.0 Å². The van der Waals surface area contributed by atoms with E-state index in [1.807, 2.05) is 12.1 Å². The first-order chi connectivity index (χ1) is 6.36. The van der Waals surface area contributed by atoms with Crippen molar-refractivity contribution < 1.29 is 0 Å². The summed E-state index contributed by atoms with van der Waals surface area (Å²) >= 11 is 5.95. The molecular formula is C11H14ClN. The number of hydrogen-bond donors (Lipinski definition) is 1. The first-order valence-electron chi connectivity index (χ1n) is 4.82. The highest BCUT2D eigenvalue weighted by molar-refractivity contribution is 6.30. The third-order valence-electron chi connectivity index (χ3n) is 2.66. The Bertz CT molecular complexity index is 279. The van der Waals surface area contributed by atoms with Crippen LogP contribution in [0, 0.1) is 0 Å². The molecule has 1 N–H and O–H groups in total. The van der Waals surface area contributed by atoms with E-state index in [1.54, 1.807) is 0 Å². The molecular weight excluding hydrogens is 182 g/mol. The van der Waals surface area contributed by atoms with Crippen LogP contribution in [-0.4, -0.2) is 13.1 Å². The van der Waals surface area contributed by atoms with Crippen molar-refractivity contribution in [1.82, 2.24) is 5.32 Å². The van der Waals surface area contributed by atoms with Gasteiger partial charge in [-0.05, 0) is 49.5 Å². The van der Waals surface area contributed by atoms with Crippen LogP contribution >= 0.6 is 11.6 Å². The first-order valence-corrected chi connectivity index (χ1v) is 5.20. The lowest BCUT2D eigenvalue weighted by Gasteiger charge is -2.22. The predicted molar refractivity (Wildman–Crippen MR) is 56.3 cm³/mol. The lowest BCUT2D eigenvalue weighted by atomic mass is 9.90. The molecule has 0 saturated carbocycles. The summed E-state index contributed by atoms with van der Waals surface area (Å²) in [5.74, 6) is 0.708. The Kier molecular flexibility index (Phi) is 2.87. The normalized spacial score (nSPS) is 18.8. The summed E-state index contributed by atoms with van der Waals surface area (Å²) in [6, 6.07) is 8.26. The van der Waals surface area contributed by atoms with Gasteiger partial charge in [-0.1, -0.05) is 23.7 Å². The largest absolute Gasteiger partial charge is 0.317 e. The zero-order valence-corrected chi connectivity index (χ0v) is 8.35. The molecule has 1 fully saturated rings. The van der Waals surface area contributed by atoms with Gasteiger partial charge in [-0.2, -0.15) is 0 Å². The molecule has 1 saturated heterocycles. The van der Waals surface area contributed by atoms with Gasteiger partial charge in [0, 0.05) is 5.02 Å². The molecule has 70 valence electrons. The number of benzene rings is 1. The van der Waals surface area contributed by atoms with Gasteiger partial charge >= 0.3 is 0 Å². The van der Waals surface area contributed by atoms with E-state index in [2.05, 4.69) is 17.4 Å². The maximum atomic E-state index is 5.95. The van der Waals surface area contributed by atoms with Gasteiger partial charge in [0.05, 0.1) is 0 Å². The maximum absolute atomic E-state index is 5.95. The fourth-order valence-electron chi connectivity index (χ4n) is 1.92. The first kappa shape index (κ1) is 9.04. The smallest absolute Gasteiger partial charge is 0.0408 e. The zero-order chi connectivity index (χ0) is 9.10. The van der Waals surface area contributed by atoms with Crippen molar-refractivity contribution in [3.8, 4) is 0 Å². The molecule has 1 heterocycles. The van der Waals surface area contributed by atoms with Crippen molar-refractivity contribution in [1.29, 1.82) is 0 Å². The van der Waals surface area contributed by atoms with E-state index in [-0.39, 0.29) is 0 Å². The van der Waals surface area contributed by atoms with Crippen LogP contribution < -0.4 is 5.32 Å². The zero-order valence-electron chi connectivity index (χ0n) is 7.59. The summed E-state index contributed by atoms with van der Waals surface area (Å²) in [6.07, 6.45) is 2.47. The summed E-state index contributed by atoms with van der Waals surface area (Å²) in [7, 11) is 0. The Morgan fingerprint density at radius 2 is 2.00 bits per heavy atom. The highest BCUT2D eigenvalue weighted by Gasteiger charge is 2.14. The quantitative estimate of drug-likeness (QED) is 0.727. The minimum absolute atomic E-state index is 0.708. The Morgan fingerprint density at radius 1 is 1.23 bits per heavy atom. The van der Waals surface area contributed by atoms with Gasteiger partial charge in [-0.3, -0.25) is 0 Å². The number of nitrogens with one attached hydrogen (secondary N) is 1.